The molecule has 2 fully saturated rings. The molecule has 0 spiro atoms. The molecule has 1 saturated heterocycles. The topological polar surface area (TPSA) is 88.3 Å². The van der Waals surface area contributed by atoms with Crippen LogP contribution in [0.3, 0.4) is 0 Å². The molecule has 0 radical (unpaired) electrons. The zero-order valence-corrected chi connectivity index (χ0v) is 15.5. The van der Waals surface area contributed by atoms with Crippen LogP contribution in [0.15, 0.2) is 28.8 Å². The number of carbonyl (C=O) groups is 2. The first-order chi connectivity index (χ1) is 13.1. The van der Waals surface area contributed by atoms with E-state index in [0.717, 1.165) is 37.7 Å². The smallest absolute Gasteiger partial charge is 0.247 e. The van der Waals surface area contributed by atoms with Crippen molar-refractivity contribution >= 4 is 17.5 Å². The summed E-state index contributed by atoms with van der Waals surface area (Å²) in [5.41, 5.74) is 1.44. The van der Waals surface area contributed by atoms with E-state index in [1.807, 2.05) is 24.3 Å². The lowest BCUT2D eigenvalue weighted by Gasteiger charge is -2.26. The van der Waals surface area contributed by atoms with Crippen molar-refractivity contribution in [3.8, 4) is 11.4 Å². The van der Waals surface area contributed by atoms with Crippen LogP contribution in [0.5, 0.6) is 0 Å². The van der Waals surface area contributed by atoms with Gasteiger partial charge in [-0.1, -0.05) is 30.1 Å². The van der Waals surface area contributed by atoms with Crippen LogP contribution in [0.1, 0.15) is 44.4 Å². The lowest BCUT2D eigenvalue weighted by atomic mass is 10.1. The summed E-state index contributed by atoms with van der Waals surface area (Å²) in [4.78, 5) is 31.6. The number of anilines is 1. The van der Waals surface area contributed by atoms with E-state index in [4.69, 9.17) is 4.52 Å². The van der Waals surface area contributed by atoms with Gasteiger partial charge in [-0.05, 0) is 37.8 Å². The van der Waals surface area contributed by atoms with Crippen LogP contribution < -0.4 is 5.32 Å². The van der Waals surface area contributed by atoms with Gasteiger partial charge in [0, 0.05) is 30.6 Å². The molecule has 1 aromatic heterocycles. The van der Waals surface area contributed by atoms with Crippen molar-refractivity contribution in [2.24, 2.45) is 5.92 Å². The lowest BCUT2D eigenvalue weighted by molar-refractivity contribution is -0.140. The highest BCUT2D eigenvalue weighted by Crippen LogP contribution is 2.30. The molecule has 1 unspecified atom stereocenters. The number of hydrogen-bond acceptors (Lipinski definition) is 5. The van der Waals surface area contributed by atoms with Crippen molar-refractivity contribution in [1.29, 1.82) is 0 Å². The monoisotopic (exact) mass is 368 g/mol. The molecular weight excluding hydrogens is 344 g/mol. The second-order valence-corrected chi connectivity index (χ2v) is 7.38. The van der Waals surface area contributed by atoms with Crippen LogP contribution in [0.2, 0.25) is 0 Å². The molecule has 1 N–H and O–H groups in total. The lowest BCUT2D eigenvalue weighted by Crippen LogP contribution is -2.45. The average molecular weight is 368 g/mol. The van der Waals surface area contributed by atoms with Gasteiger partial charge in [0.05, 0.1) is 0 Å². The molecule has 0 bridgehead atoms. The Labute approximate surface area is 158 Å². The average Bonchev–Trinajstić information content (AvgIpc) is 3.42. The van der Waals surface area contributed by atoms with E-state index in [-0.39, 0.29) is 23.8 Å². The summed E-state index contributed by atoms with van der Waals surface area (Å²) in [6.07, 6.45) is 5.73. The Balaban J connectivity index is 1.46. The Morgan fingerprint density at radius 3 is 2.74 bits per heavy atom. The number of carbonyl (C=O) groups excluding carboxylic acids is 2. The van der Waals surface area contributed by atoms with Crippen LogP contribution >= 0.6 is 0 Å². The van der Waals surface area contributed by atoms with Crippen molar-refractivity contribution in [2.45, 2.75) is 51.5 Å². The van der Waals surface area contributed by atoms with Crippen LogP contribution in [-0.2, 0) is 9.59 Å². The first-order valence-electron chi connectivity index (χ1n) is 9.64. The number of benzene rings is 1. The number of aromatic nitrogens is 2. The highest BCUT2D eigenvalue weighted by Gasteiger charge is 2.37. The second kappa shape index (κ2) is 7.50. The number of amides is 2. The Morgan fingerprint density at radius 2 is 2.00 bits per heavy atom. The van der Waals surface area contributed by atoms with Crippen molar-refractivity contribution in [3.63, 3.8) is 0 Å². The van der Waals surface area contributed by atoms with Crippen LogP contribution in [-0.4, -0.2) is 39.4 Å². The fourth-order valence-electron chi connectivity index (χ4n) is 4.09. The van der Waals surface area contributed by atoms with Gasteiger partial charge in [-0.25, -0.2) is 0 Å². The summed E-state index contributed by atoms with van der Waals surface area (Å²) in [6.45, 7) is 2.41. The van der Waals surface area contributed by atoms with E-state index < -0.39 is 0 Å². The second-order valence-electron chi connectivity index (χ2n) is 7.38. The molecular formula is C20H24N4O3. The number of aryl methyl sites for hydroxylation is 1. The van der Waals surface area contributed by atoms with E-state index in [1.165, 1.54) is 0 Å². The van der Waals surface area contributed by atoms with Gasteiger partial charge in [-0.3, -0.25) is 9.59 Å². The van der Waals surface area contributed by atoms with Crippen molar-refractivity contribution in [1.82, 2.24) is 15.0 Å². The molecule has 1 aliphatic heterocycles. The fourth-order valence-corrected chi connectivity index (χ4v) is 4.09. The maximum Gasteiger partial charge on any atom is 0.247 e. The number of likely N-dealkylation sites (tertiary alicyclic amines) is 1. The molecule has 7 nitrogen and oxygen atoms in total. The van der Waals surface area contributed by atoms with Crippen LogP contribution in [0, 0.1) is 12.8 Å². The third-order valence-electron chi connectivity index (χ3n) is 5.46. The summed E-state index contributed by atoms with van der Waals surface area (Å²) in [6, 6.07) is 6.97. The van der Waals surface area contributed by atoms with E-state index in [2.05, 4.69) is 15.5 Å². The van der Waals surface area contributed by atoms with Gasteiger partial charge in [-0.15, -0.1) is 0 Å². The Morgan fingerprint density at radius 1 is 1.19 bits per heavy atom. The largest absolute Gasteiger partial charge is 0.339 e. The summed E-state index contributed by atoms with van der Waals surface area (Å²) in [5.74, 6) is 1.11. The number of hydrogen-bond donors (Lipinski definition) is 1. The third kappa shape index (κ3) is 3.72. The first-order valence-corrected chi connectivity index (χ1v) is 9.64. The van der Waals surface area contributed by atoms with E-state index in [0.29, 0.717) is 30.4 Å². The number of rotatable bonds is 4. The molecule has 1 aromatic carbocycles. The van der Waals surface area contributed by atoms with Crippen LogP contribution in [0.4, 0.5) is 5.69 Å². The summed E-state index contributed by atoms with van der Waals surface area (Å²) >= 11 is 0. The van der Waals surface area contributed by atoms with E-state index >= 15 is 0 Å². The zero-order chi connectivity index (χ0) is 18.8. The Hall–Kier alpha value is -2.70. The Bertz CT molecular complexity index is 841. The van der Waals surface area contributed by atoms with Gasteiger partial charge < -0.3 is 14.7 Å². The van der Waals surface area contributed by atoms with Crippen molar-refractivity contribution in [2.75, 3.05) is 11.9 Å². The molecule has 7 heteroatoms. The minimum absolute atomic E-state index is 0.100. The van der Waals surface area contributed by atoms with E-state index in [1.54, 1.807) is 11.8 Å². The maximum absolute atomic E-state index is 12.8. The minimum atomic E-state index is -0.380. The van der Waals surface area contributed by atoms with Gasteiger partial charge in [0.2, 0.25) is 23.5 Å². The number of nitrogens with one attached hydrogen (secondary N) is 1. The van der Waals surface area contributed by atoms with Crippen LogP contribution in [0.25, 0.3) is 11.4 Å². The SMILES string of the molecule is Cc1nc(-c2cccc(NC(=O)C3CCCN3C(=O)C3CCCC3)c2)no1. The summed E-state index contributed by atoms with van der Waals surface area (Å²) < 4.78 is 5.02. The predicted octanol–water partition coefficient (Wildman–Crippen LogP) is 3.16. The third-order valence-corrected chi connectivity index (χ3v) is 5.46. The normalized spacial score (nSPS) is 20.2. The molecule has 27 heavy (non-hydrogen) atoms. The molecule has 142 valence electrons. The zero-order valence-electron chi connectivity index (χ0n) is 15.5. The molecule has 2 aliphatic rings. The van der Waals surface area contributed by atoms with Crippen molar-refractivity contribution in [3.05, 3.63) is 30.2 Å². The quantitative estimate of drug-likeness (QED) is 0.895. The molecule has 1 atom stereocenters. The molecule has 4 rings (SSSR count). The van der Waals surface area contributed by atoms with Gasteiger partial charge in [0.15, 0.2) is 0 Å². The highest BCUT2D eigenvalue weighted by molar-refractivity contribution is 5.98. The fraction of sp³-hybridized carbons (Fsp3) is 0.500. The van der Waals surface area contributed by atoms with Gasteiger partial charge in [0.1, 0.15) is 6.04 Å². The predicted molar refractivity (Wildman–Crippen MR) is 99.8 cm³/mol. The van der Waals surface area contributed by atoms with E-state index in [9.17, 15) is 9.59 Å². The first kappa shape index (κ1) is 17.7. The van der Waals surface area contributed by atoms with Gasteiger partial charge in [0.25, 0.3) is 0 Å². The molecule has 1 aliphatic carbocycles. The highest BCUT2D eigenvalue weighted by atomic mass is 16.5. The van der Waals surface area contributed by atoms with Crippen molar-refractivity contribution < 1.29 is 14.1 Å². The molecule has 2 heterocycles. The minimum Gasteiger partial charge on any atom is -0.339 e. The van der Waals surface area contributed by atoms with Gasteiger partial charge >= 0.3 is 0 Å². The molecule has 2 amide bonds. The molecule has 1 saturated carbocycles. The molecule has 2 aromatic rings. The summed E-state index contributed by atoms with van der Waals surface area (Å²) in [5, 5.41) is 6.87. The standard InChI is InChI=1S/C20H24N4O3/c1-13-21-18(23-27-13)15-8-4-9-16(12-15)22-19(25)17-10-5-11-24(17)20(26)14-6-2-3-7-14/h4,8-9,12,14,17H,2-3,5-7,10-11H2,1H3,(H,22,25). The maximum atomic E-state index is 12.8. The Kier molecular flexibility index (Phi) is 4.92. The summed E-state index contributed by atoms with van der Waals surface area (Å²) in [7, 11) is 0. The number of nitrogens with zero attached hydrogens (tertiary/aromatic N) is 3. The van der Waals surface area contributed by atoms with Gasteiger partial charge in [-0.2, -0.15) is 4.98 Å².